The van der Waals surface area contributed by atoms with Crippen LogP contribution in [0.25, 0.3) is 21.5 Å². The Labute approximate surface area is 121 Å². The smallest absolute Gasteiger partial charge is 0.194 e. The summed E-state index contributed by atoms with van der Waals surface area (Å²) in [5.74, 6) is 0. The molecule has 0 amide bonds. The van der Waals surface area contributed by atoms with Gasteiger partial charge in [0.2, 0.25) is 0 Å². The summed E-state index contributed by atoms with van der Waals surface area (Å²) in [4.78, 5) is 12.6. The molecule has 0 bridgehead atoms. The van der Waals surface area contributed by atoms with Crippen LogP contribution in [0.5, 0.6) is 0 Å². The van der Waals surface area contributed by atoms with Gasteiger partial charge >= 0.3 is 0 Å². The maximum Gasteiger partial charge on any atom is 0.194 e. The van der Waals surface area contributed by atoms with Crippen molar-refractivity contribution >= 4 is 53.4 Å². The summed E-state index contributed by atoms with van der Waals surface area (Å²) in [6.07, 6.45) is 0. The van der Waals surface area contributed by atoms with E-state index in [0.717, 1.165) is 30.5 Å². The molecule has 0 unspecified atom stereocenters. The van der Waals surface area contributed by atoms with Gasteiger partial charge in [-0.05, 0) is 22.9 Å². The fourth-order valence-electron chi connectivity index (χ4n) is 2.12. The maximum absolute atomic E-state index is 12.6. The average molecular weight is 364 g/mol. The van der Waals surface area contributed by atoms with Crippen LogP contribution in [0.15, 0.2) is 62.3 Å². The normalized spacial score (nSPS) is 11.0. The monoisotopic (exact) mass is 362 g/mol. The van der Waals surface area contributed by atoms with Crippen LogP contribution in [0.1, 0.15) is 0 Å². The van der Waals surface area contributed by atoms with Crippen molar-refractivity contribution in [3.63, 3.8) is 0 Å². The maximum atomic E-state index is 12.6. The highest BCUT2D eigenvalue weighted by Gasteiger charge is 2.05. The molecule has 0 radical (unpaired) electrons. The van der Waals surface area contributed by atoms with Crippen LogP contribution in [0, 0.1) is 0 Å². The lowest BCUT2D eigenvalue weighted by molar-refractivity contribution is 1.71. The van der Waals surface area contributed by atoms with Gasteiger partial charge in [-0.15, -0.1) is 0 Å². The number of rotatable bonds is 0. The van der Waals surface area contributed by atoms with E-state index in [0.29, 0.717) is 0 Å². The summed E-state index contributed by atoms with van der Waals surface area (Å²) in [6, 6.07) is 15.4. The minimum absolute atomic E-state index is 0.0626. The minimum atomic E-state index is 0.0626. The molecule has 0 spiro atoms. The lowest BCUT2D eigenvalue weighted by Gasteiger charge is -1.95. The molecular weight excluding hydrogens is 356 g/mol. The molecule has 0 saturated heterocycles. The van der Waals surface area contributed by atoms with Crippen molar-refractivity contribution in [1.82, 2.24) is 0 Å². The van der Waals surface area contributed by atoms with Crippen LogP contribution < -0.4 is 5.43 Å². The predicted molar refractivity (Wildman–Crippen MR) is 83.1 cm³/mol. The topological polar surface area (TPSA) is 17.1 Å². The summed E-state index contributed by atoms with van der Waals surface area (Å²) < 4.78 is 1.88. The van der Waals surface area contributed by atoms with E-state index < -0.39 is 0 Å². The Hall–Kier alpha value is -1.19. The second kappa shape index (κ2) is 4.48. The standard InChI is InChI=1S/C15H8Br2O/c16-13-5-1-3-11-9(13)7-8-10-12(15(11)18)4-2-6-14(10)17/h1-8H. The molecule has 0 saturated carbocycles. The van der Waals surface area contributed by atoms with Crippen molar-refractivity contribution in [3.05, 3.63) is 67.7 Å². The number of fused-ring (bicyclic) bond motifs is 2. The SMILES string of the molecule is O=c1c2cccc(Br)c2ccc2c(Br)cccc12. The summed E-state index contributed by atoms with van der Waals surface area (Å²) in [6.45, 7) is 0. The molecule has 0 aliphatic rings. The molecule has 0 fully saturated rings. The molecular formula is C15H8Br2O. The Kier molecular flexibility index (Phi) is 2.96. The average Bonchev–Trinajstić information content (AvgIpc) is 2.51. The Bertz CT molecular complexity index is 758. The molecule has 18 heavy (non-hydrogen) atoms. The van der Waals surface area contributed by atoms with E-state index in [1.165, 1.54) is 0 Å². The van der Waals surface area contributed by atoms with Gasteiger partial charge in [-0.25, -0.2) is 0 Å². The molecule has 3 heteroatoms. The van der Waals surface area contributed by atoms with Gasteiger partial charge in [-0.1, -0.05) is 68.3 Å². The summed E-state index contributed by atoms with van der Waals surface area (Å²) in [5.41, 5.74) is 0.0626. The summed E-state index contributed by atoms with van der Waals surface area (Å²) >= 11 is 6.98. The van der Waals surface area contributed by atoms with Gasteiger partial charge < -0.3 is 0 Å². The van der Waals surface area contributed by atoms with Gasteiger partial charge in [0.1, 0.15) is 0 Å². The lowest BCUT2D eigenvalue weighted by Crippen LogP contribution is -1.98. The summed E-state index contributed by atoms with van der Waals surface area (Å²) in [5, 5.41) is 3.34. The number of hydrogen-bond acceptors (Lipinski definition) is 1. The molecule has 0 aliphatic carbocycles. The van der Waals surface area contributed by atoms with Crippen molar-refractivity contribution in [2.24, 2.45) is 0 Å². The van der Waals surface area contributed by atoms with E-state index in [2.05, 4.69) is 31.9 Å². The Morgan fingerprint density at radius 3 is 1.50 bits per heavy atom. The van der Waals surface area contributed by atoms with Crippen molar-refractivity contribution in [2.45, 2.75) is 0 Å². The zero-order valence-electron chi connectivity index (χ0n) is 9.28. The number of benzene rings is 2. The first kappa shape index (κ1) is 11.9. The van der Waals surface area contributed by atoms with Crippen LogP contribution in [-0.2, 0) is 0 Å². The number of hydrogen-bond donors (Lipinski definition) is 0. The van der Waals surface area contributed by atoms with Crippen molar-refractivity contribution < 1.29 is 0 Å². The molecule has 0 aliphatic heterocycles. The first-order valence-electron chi connectivity index (χ1n) is 5.48. The zero-order chi connectivity index (χ0) is 12.7. The molecule has 0 atom stereocenters. The van der Waals surface area contributed by atoms with Crippen LogP contribution in [0.2, 0.25) is 0 Å². The van der Waals surface area contributed by atoms with Gasteiger partial charge in [0.05, 0.1) is 0 Å². The van der Waals surface area contributed by atoms with Gasteiger partial charge in [0.15, 0.2) is 5.43 Å². The molecule has 3 rings (SSSR count). The van der Waals surface area contributed by atoms with E-state index in [-0.39, 0.29) is 5.43 Å². The molecule has 0 heterocycles. The van der Waals surface area contributed by atoms with Crippen LogP contribution in [-0.4, -0.2) is 0 Å². The molecule has 3 aromatic rings. The Morgan fingerprint density at radius 2 is 1.06 bits per heavy atom. The number of halogens is 2. The van der Waals surface area contributed by atoms with E-state index in [9.17, 15) is 4.79 Å². The van der Waals surface area contributed by atoms with Crippen LogP contribution in [0.4, 0.5) is 0 Å². The van der Waals surface area contributed by atoms with E-state index in [1.54, 1.807) is 0 Å². The van der Waals surface area contributed by atoms with Gasteiger partial charge in [-0.2, -0.15) is 0 Å². The molecule has 0 N–H and O–H groups in total. The largest absolute Gasteiger partial charge is 0.289 e. The fourth-order valence-corrected chi connectivity index (χ4v) is 3.12. The van der Waals surface area contributed by atoms with Crippen LogP contribution in [0.3, 0.4) is 0 Å². The third kappa shape index (κ3) is 1.78. The molecule has 0 aromatic heterocycles. The van der Waals surface area contributed by atoms with Crippen molar-refractivity contribution in [3.8, 4) is 0 Å². The third-order valence-electron chi connectivity index (χ3n) is 3.01. The summed E-state index contributed by atoms with van der Waals surface area (Å²) in [7, 11) is 0. The van der Waals surface area contributed by atoms with E-state index >= 15 is 0 Å². The first-order valence-corrected chi connectivity index (χ1v) is 7.07. The highest BCUT2D eigenvalue weighted by molar-refractivity contribution is 9.11. The van der Waals surface area contributed by atoms with E-state index in [1.807, 2.05) is 48.5 Å². The fraction of sp³-hybridized carbons (Fsp3) is 0. The third-order valence-corrected chi connectivity index (χ3v) is 4.39. The Morgan fingerprint density at radius 1 is 0.611 bits per heavy atom. The van der Waals surface area contributed by atoms with Gasteiger partial charge in [-0.3, -0.25) is 4.79 Å². The molecule has 1 nitrogen and oxygen atoms in total. The zero-order valence-corrected chi connectivity index (χ0v) is 12.5. The van der Waals surface area contributed by atoms with E-state index in [4.69, 9.17) is 0 Å². The second-order valence-corrected chi connectivity index (χ2v) is 5.77. The predicted octanol–water partition coefficient (Wildman–Crippen LogP) is 4.88. The van der Waals surface area contributed by atoms with Crippen molar-refractivity contribution in [2.75, 3.05) is 0 Å². The first-order chi connectivity index (χ1) is 8.68. The van der Waals surface area contributed by atoms with Crippen molar-refractivity contribution in [1.29, 1.82) is 0 Å². The highest BCUT2D eigenvalue weighted by Crippen LogP contribution is 2.26. The lowest BCUT2D eigenvalue weighted by atomic mass is 10.1. The van der Waals surface area contributed by atoms with Crippen LogP contribution >= 0.6 is 31.9 Å². The molecule has 3 aromatic carbocycles. The van der Waals surface area contributed by atoms with Gasteiger partial charge in [0, 0.05) is 19.7 Å². The Balaban J connectivity index is 2.69. The van der Waals surface area contributed by atoms with Gasteiger partial charge in [0.25, 0.3) is 0 Å². The highest BCUT2D eigenvalue weighted by atomic mass is 79.9. The quantitative estimate of drug-likeness (QED) is 0.556. The second-order valence-electron chi connectivity index (χ2n) is 4.06. The minimum Gasteiger partial charge on any atom is -0.289 e. The molecule has 88 valence electrons.